The van der Waals surface area contributed by atoms with Gasteiger partial charge in [0.25, 0.3) is 0 Å². The van der Waals surface area contributed by atoms with Crippen molar-refractivity contribution in [1.82, 2.24) is 0 Å². The summed E-state index contributed by atoms with van der Waals surface area (Å²) in [7, 11) is -1.01. The first-order valence-electron chi connectivity index (χ1n) is 7.90. The van der Waals surface area contributed by atoms with E-state index >= 15 is 0 Å². The fourth-order valence-electron chi connectivity index (χ4n) is 2.64. The van der Waals surface area contributed by atoms with Crippen LogP contribution in [0.4, 0.5) is 0 Å². The molecule has 124 valence electrons. The summed E-state index contributed by atoms with van der Waals surface area (Å²) in [6, 6.07) is 12.6. The van der Waals surface area contributed by atoms with Gasteiger partial charge in [0.05, 0.1) is 15.7 Å². The Balaban J connectivity index is 2.28. The third-order valence-electron chi connectivity index (χ3n) is 3.82. The summed E-state index contributed by atoms with van der Waals surface area (Å²) in [6.07, 6.45) is 0. The van der Waals surface area contributed by atoms with Crippen molar-refractivity contribution < 1.29 is 4.21 Å². The Hall–Kier alpha value is -1.06. The first-order chi connectivity index (χ1) is 10.7. The molecule has 23 heavy (non-hydrogen) atoms. The van der Waals surface area contributed by atoms with Crippen LogP contribution in [0.3, 0.4) is 0 Å². The molecule has 0 radical (unpaired) electrons. The molecule has 1 unspecified atom stereocenters. The zero-order chi connectivity index (χ0) is 17.2. The summed E-state index contributed by atoms with van der Waals surface area (Å²) in [5.41, 5.74) is 5.37. The minimum Gasteiger partial charge on any atom is -0.254 e. The first kappa shape index (κ1) is 18.3. The third-order valence-corrected chi connectivity index (χ3v) is 6.91. The van der Waals surface area contributed by atoms with E-state index in [2.05, 4.69) is 39.0 Å². The Morgan fingerprint density at radius 2 is 1.57 bits per heavy atom. The van der Waals surface area contributed by atoms with Crippen LogP contribution in [0.15, 0.2) is 46.2 Å². The molecule has 0 N–H and O–H groups in total. The minimum atomic E-state index is -1.01. The minimum absolute atomic E-state index is 0.244. The largest absolute Gasteiger partial charge is 0.254 e. The van der Waals surface area contributed by atoms with E-state index in [1.807, 2.05) is 39.0 Å². The molecule has 3 heteroatoms. The first-order valence-corrected chi connectivity index (χ1v) is 10.0. The number of hydrogen-bond acceptors (Lipinski definition) is 2. The van der Waals surface area contributed by atoms with Gasteiger partial charge in [0.1, 0.15) is 0 Å². The molecule has 2 aromatic rings. The van der Waals surface area contributed by atoms with Crippen molar-refractivity contribution in [2.75, 3.05) is 0 Å². The molecule has 0 fully saturated rings. The van der Waals surface area contributed by atoms with Crippen LogP contribution in [0.1, 0.15) is 43.0 Å². The van der Waals surface area contributed by atoms with Crippen LogP contribution in [0.5, 0.6) is 0 Å². The molecule has 0 aliphatic rings. The second-order valence-electron chi connectivity index (χ2n) is 6.99. The van der Waals surface area contributed by atoms with Gasteiger partial charge in [0.15, 0.2) is 0 Å². The van der Waals surface area contributed by atoms with Gasteiger partial charge in [-0.05, 0) is 70.4 Å². The number of aryl methyl sites for hydroxylation is 3. The Bertz CT molecular complexity index is 704. The van der Waals surface area contributed by atoms with Gasteiger partial charge in [-0.3, -0.25) is 4.21 Å². The molecule has 2 aromatic carbocycles. The fourth-order valence-corrected chi connectivity index (χ4v) is 5.30. The molecule has 0 amide bonds. The normalized spacial score (nSPS) is 13.1. The summed E-state index contributed by atoms with van der Waals surface area (Å²) in [6.45, 7) is 12.6. The van der Waals surface area contributed by atoms with Gasteiger partial charge in [-0.15, -0.1) is 11.8 Å². The molecule has 0 aromatic heterocycles. The average molecular weight is 347 g/mol. The van der Waals surface area contributed by atoms with Crippen molar-refractivity contribution in [3.63, 3.8) is 0 Å². The monoisotopic (exact) mass is 346 g/mol. The van der Waals surface area contributed by atoms with Crippen LogP contribution in [0.25, 0.3) is 0 Å². The van der Waals surface area contributed by atoms with Gasteiger partial charge in [-0.25, -0.2) is 0 Å². The molecule has 0 bridgehead atoms. The summed E-state index contributed by atoms with van der Waals surface area (Å²) >= 11 is 1.79. The van der Waals surface area contributed by atoms with Crippen molar-refractivity contribution in [2.24, 2.45) is 0 Å². The standard InChI is InChI=1S/C20H26OS2/c1-14-11-15(2)17(16(3)12-14)13-22-18-9-7-8-10-19(18)23(21)20(4,5)6/h7-12H,13H2,1-6H3. The molecule has 0 spiro atoms. The van der Waals surface area contributed by atoms with E-state index in [9.17, 15) is 4.21 Å². The molecular weight excluding hydrogens is 320 g/mol. The number of rotatable bonds is 4. The molecule has 1 atom stereocenters. The maximum atomic E-state index is 12.8. The lowest BCUT2D eigenvalue weighted by atomic mass is 10.0. The van der Waals surface area contributed by atoms with E-state index in [-0.39, 0.29) is 4.75 Å². The average Bonchev–Trinajstić information content (AvgIpc) is 2.44. The van der Waals surface area contributed by atoms with Gasteiger partial charge in [-0.1, -0.05) is 29.8 Å². The predicted octanol–water partition coefficient (Wildman–Crippen LogP) is 5.81. The zero-order valence-electron chi connectivity index (χ0n) is 14.9. The summed E-state index contributed by atoms with van der Waals surface area (Å²) in [5, 5.41) is 0. The Labute approximate surface area is 147 Å². The van der Waals surface area contributed by atoms with Crippen LogP contribution in [0, 0.1) is 20.8 Å². The second-order valence-corrected chi connectivity index (χ2v) is 10.2. The fraction of sp³-hybridized carbons (Fsp3) is 0.400. The molecule has 0 saturated heterocycles. The quantitative estimate of drug-likeness (QED) is 0.650. The molecule has 0 aliphatic carbocycles. The highest BCUT2D eigenvalue weighted by molar-refractivity contribution is 7.99. The van der Waals surface area contributed by atoms with Crippen molar-refractivity contribution >= 4 is 22.6 Å². The highest BCUT2D eigenvalue weighted by Gasteiger charge is 2.23. The molecule has 1 nitrogen and oxygen atoms in total. The van der Waals surface area contributed by atoms with Gasteiger partial charge < -0.3 is 0 Å². The van der Waals surface area contributed by atoms with E-state index < -0.39 is 10.8 Å². The van der Waals surface area contributed by atoms with Gasteiger partial charge in [0.2, 0.25) is 0 Å². The van der Waals surface area contributed by atoms with Crippen LogP contribution >= 0.6 is 11.8 Å². The van der Waals surface area contributed by atoms with E-state index in [0.29, 0.717) is 0 Å². The molecule has 2 rings (SSSR count). The van der Waals surface area contributed by atoms with Crippen molar-refractivity contribution in [3.05, 3.63) is 58.7 Å². The highest BCUT2D eigenvalue weighted by Crippen LogP contribution is 2.33. The number of benzene rings is 2. The maximum absolute atomic E-state index is 12.8. The molecule has 0 aliphatic heterocycles. The topological polar surface area (TPSA) is 17.1 Å². The SMILES string of the molecule is Cc1cc(C)c(CSc2ccccc2S(=O)C(C)(C)C)c(C)c1. The van der Waals surface area contributed by atoms with E-state index in [0.717, 1.165) is 15.5 Å². The van der Waals surface area contributed by atoms with Gasteiger partial charge in [0, 0.05) is 15.4 Å². The van der Waals surface area contributed by atoms with Crippen LogP contribution in [0.2, 0.25) is 0 Å². The van der Waals surface area contributed by atoms with Crippen LogP contribution in [-0.2, 0) is 16.6 Å². The summed E-state index contributed by atoms with van der Waals surface area (Å²) in [4.78, 5) is 2.08. The Morgan fingerprint density at radius 3 is 2.13 bits per heavy atom. The Morgan fingerprint density at radius 1 is 1.00 bits per heavy atom. The highest BCUT2D eigenvalue weighted by atomic mass is 32.2. The Kier molecular flexibility index (Phi) is 5.74. The predicted molar refractivity (Wildman–Crippen MR) is 103 cm³/mol. The third kappa shape index (κ3) is 4.48. The molecule has 0 saturated carbocycles. The smallest absolute Gasteiger partial charge is 0.0595 e. The lowest BCUT2D eigenvalue weighted by Crippen LogP contribution is -2.22. The molecular formula is C20H26OS2. The van der Waals surface area contributed by atoms with Crippen molar-refractivity contribution in [3.8, 4) is 0 Å². The number of hydrogen-bond donors (Lipinski definition) is 0. The van der Waals surface area contributed by atoms with Gasteiger partial charge in [-0.2, -0.15) is 0 Å². The van der Waals surface area contributed by atoms with Crippen molar-refractivity contribution in [2.45, 2.75) is 61.8 Å². The van der Waals surface area contributed by atoms with Crippen LogP contribution < -0.4 is 0 Å². The van der Waals surface area contributed by atoms with E-state index in [1.54, 1.807) is 11.8 Å². The second kappa shape index (κ2) is 7.23. The summed E-state index contributed by atoms with van der Waals surface area (Å²) in [5.74, 6) is 0.913. The summed E-state index contributed by atoms with van der Waals surface area (Å²) < 4.78 is 12.5. The maximum Gasteiger partial charge on any atom is 0.0595 e. The lowest BCUT2D eigenvalue weighted by Gasteiger charge is -2.20. The van der Waals surface area contributed by atoms with Gasteiger partial charge >= 0.3 is 0 Å². The van der Waals surface area contributed by atoms with Crippen LogP contribution in [-0.4, -0.2) is 8.96 Å². The van der Waals surface area contributed by atoms with E-state index in [1.165, 1.54) is 22.3 Å². The molecule has 0 heterocycles. The lowest BCUT2D eigenvalue weighted by molar-refractivity contribution is 0.647. The van der Waals surface area contributed by atoms with Crippen molar-refractivity contribution in [1.29, 1.82) is 0 Å². The van der Waals surface area contributed by atoms with E-state index in [4.69, 9.17) is 0 Å². The zero-order valence-corrected chi connectivity index (χ0v) is 16.5. The number of thioether (sulfide) groups is 1.